The first-order chi connectivity index (χ1) is 20.4. The molecule has 5 aliphatic rings. The topological polar surface area (TPSA) is 118 Å². The lowest BCUT2D eigenvalue weighted by molar-refractivity contribution is -0.194. The number of esters is 2. The van der Waals surface area contributed by atoms with Crippen LogP contribution >= 0.6 is 11.8 Å². The molecule has 2 aromatic rings. The lowest BCUT2D eigenvalue weighted by Gasteiger charge is -2.61. The fraction of sp³-hybridized carbons (Fsp3) is 0.559. The second-order valence-electron chi connectivity index (χ2n) is 13.7. The Morgan fingerprint density at radius 2 is 1.93 bits per heavy atom. The van der Waals surface area contributed by atoms with E-state index >= 15 is 0 Å². The number of anilines is 1. The van der Waals surface area contributed by atoms with E-state index in [1.165, 1.54) is 30.0 Å². The van der Waals surface area contributed by atoms with Gasteiger partial charge in [0, 0.05) is 51.3 Å². The summed E-state index contributed by atoms with van der Waals surface area (Å²) in [5, 5.41) is -0.324. The molecule has 43 heavy (non-hydrogen) atoms. The Labute approximate surface area is 256 Å². The highest BCUT2D eigenvalue weighted by atomic mass is 32.2. The molecule has 8 nitrogen and oxygen atoms in total. The van der Waals surface area contributed by atoms with Crippen molar-refractivity contribution in [2.24, 2.45) is 28.1 Å². The fourth-order valence-electron chi connectivity index (χ4n) is 9.99. The first-order valence-corrected chi connectivity index (χ1v) is 16.1. The number of carbonyl (C=O) groups is 3. The van der Waals surface area contributed by atoms with Gasteiger partial charge in [-0.1, -0.05) is 25.5 Å². The number of ether oxygens (including phenoxy) is 3. The number of rotatable bonds is 6. The molecule has 10 atom stereocenters. The van der Waals surface area contributed by atoms with Crippen LogP contribution in [0.15, 0.2) is 63.3 Å². The number of Topliss-reactive ketones (excluding diaryl/α,β-unsaturated/α-hetero) is 1. The maximum Gasteiger partial charge on any atom is 0.313 e. The van der Waals surface area contributed by atoms with Crippen LogP contribution in [0.2, 0.25) is 0 Å². The molecule has 2 N–H and O–H groups in total. The molecule has 2 unspecified atom stereocenters. The van der Waals surface area contributed by atoms with E-state index in [1.807, 2.05) is 44.2 Å². The van der Waals surface area contributed by atoms with E-state index in [4.69, 9.17) is 24.4 Å². The number of hydrogen-bond acceptors (Lipinski definition) is 9. The molecule has 0 spiro atoms. The third-order valence-electron chi connectivity index (χ3n) is 11.8. The zero-order chi connectivity index (χ0) is 30.5. The van der Waals surface area contributed by atoms with Crippen LogP contribution in [0, 0.1) is 28.1 Å². The number of nitrogens with two attached hydrogens (primary N) is 1. The van der Waals surface area contributed by atoms with Gasteiger partial charge in [0.2, 0.25) is 0 Å². The maximum atomic E-state index is 14.7. The van der Waals surface area contributed by atoms with Crippen molar-refractivity contribution < 1.29 is 33.0 Å². The third kappa shape index (κ3) is 3.76. The van der Waals surface area contributed by atoms with Crippen LogP contribution < -0.4 is 5.73 Å². The van der Waals surface area contributed by atoms with Crippen LogP contribution in [-0.2, 0) is 28.6 Å². The van der Waals surface area contributed by atoms with Crippen molar-refractivity contribution in [1.82, 2.24) is 0 Å². The maximum absolute atomic E-state index is 14.7. The summed E-state index contributed by atoms with van der Waals surface area (Å²) in [6.45, 7) is 8.34. The number of ketones is 1. The molecule has 3 aliphatic carbocycles. The van der Waals surface area contributed by atoms with Gasteiger partial charge in [0.25, 0.3) is 0 Å². The van der Waals surface area contributed by atoms with E-state index < -0.39 is 34.4 Å². The standard InChI is InChI=1S/C34H39NO7S/c1-17-21(18-11-12-40-16-18)14-22-27(17)33(3)23(9-10-26(37)39-5)32(2)24(36)15-25(43-20-8-6-7-19(35)13-20)34(4)29(32)28(30(33)41-22)42-31(34)38/h6-8,11-13,16,21-23,25,28-30H,9-10,14-15,35H2,1-5H3/t21-,22+,23-,25?,28-,29?,30-,32+,33-,34-/m1/s1. The van der Waals surface area contributed by atoms with Gasteiger partial charge in [-0.05, 0) is 68.0 Å². The van der Waals surface area contributed by atoms with Crippen LogP contribution in [-0.4, -0.2) is 48.4 Å². The second-order valence-corrected chi connectivity index (χ2v) is 14.9. The molecule has 2 saturated heterocycles. The highest BCUT2D eigenvalue weighted by molar-refractivity contribution is 8.00. The number of hydrogen-bond donors (Lipinski definition) is 1. The molecule has 2 aliphatic heterocycles. The molecule has 4 fully saturated rings. The smallest absolute Gasteiger partial charge is 0.313 e. The number of benzene rings is 1. The predicted molar refractivity (Wildman–Crippen MR) is 160 cm³/mol. The molecular formula is C34H39NO7S. The van der Waals surface area contributed by atoms with E-state index in [-0.39, 0.29) is 53.8 Å². The van der Waals surface area contributed by atoms with E-state index in [0.717, 1.165) is 16.9 Å². The van der Waals surface area contributed by atoms with Gasteiger partial charge < -0.3 is 24.4 Å². The zero-order valence-corrected chi connectivity index (χ0v) is 26.1. The minimum Gasteiger partial charge on any atom is -0.472 e. The lowest BCUT2D eigenvalue weighted by atomic mass is 9.40. The van der Waals surface area contributed by atoms with Crippen LogP contribution in [0.3, 0.4) is 0 Å². The van der Waals surface area contributed by atoms with Gasteiger partial charge >= 0.3 is 11.9 Å². The van der Waals surface area contributed by atoms with Crippen LogP contribution in [0.5, 0.6) is 0 Å². The fourth-order valence-corrected chi connectivity index (χ4v) is 11.4. The molecule has 9 heteroatoms. The number of nitrogen functional groups attached to an aromatic ring is 1. The number of allylic oxidation sites excluding steroid dienone is 1. The van der Waals surface area contributed by atoms with Gasteiger partial charge in [0.15, 0.2) is 0 Å². The Balaban J connectivity index is 1.36. The van der Waals surface area contributed by atoms with Crippen LogP contribution in [0.4, 0.5) is 5.69 Å². The lowest BCUT2D eigenvalue weighted by Crippen LogP contribution is -2.68. The van der Waals surface area contributed by atoms with Crippen molar-refractivity contribution in [1.29, 1.82) is 0 Å². The van der Waals surface area contributed by atoms with E-state index in [0.29, 0.717) is 12.1 Å². The van der Waals surface area contributed by atoms with Crippen molar-refractivity contribution in [3.8, 4) is 0 Å². The van der Waals surface area contributed by atoms with Gasteiger partial charge in [-0.25, -0.2) is 0 Å². The van der Waals surface area contributed by atoms with Crippen molar-refractivity contribution in [2.75, 3.05) is 12.8 Å². The van der Waals surface area contributed by atoms with Crippen molar-refractivity contribution in [3.05, 3.63) is 59.6 Å². The molecule has 228 valence electrons. The average molecular weight is 606 g/mol. The van der Waals surface area contributed by atoms with Gasteiger partial charge in [0.1, 0.15) is 18.0 Å². The van der Waals surface area contributed by atoms with Gasteiger partial charge in [-0.3, -0.25) is 14.4 Å². The van der Waals surface area contributed by atoms with Gasteiger partial charge in [-0.15, -0.1) is 11.8 Å². The average Bonchev–Trinajstić information content (AvgIpc) is 3.72. The van der Waals surface area contributed by atoms with Crippen molar-refractivity contribution in [2.45, 2.75) is 87.8 Å². The minimum atomic E-state index is -0.933. The monoisotopic (exact) mass is 605 g/mol. The van der Waals surface area contributed by atoms with Gasteiger partial charge in [0.05, 0.1) is 31.2 Å². The number of furan rings is 1. The number of carbonyl (C=O) groups excluding carboxylic acids is 3. The predicted octanol–water partition coefficient (Wildman–Crippen LogP) is 5.71. The third-order valence-corrected chi connectivity index (χ3v) is 13.3. The quantitative estimate of drug-likeness (QED) is 0.251. The van der Waals surface area contributed by atoms with E-state index in [1.54, 1.807) is 12.5 Å². The molecule has 2 saturated carbocycles. The molecule has 7 rings (SSSR count). The SMILES string of the molecule is COC(=O)CC[C@H]1[C@]2(C)C3=C(C)[C@H](c4ccoc4)C[C@@H]3O[C@@H]2[C@@H]2OC(=O)[C@]3(C)C(Sc4cccc(N)c4)CC(=O)[C@@]1(C)C23. The Hall–Kier alpha value is -3.04. The summed E-state index contributed by atoms with van der Waals surface area (Å²) >= 11 is 1.53. The first kappa shape index (κ1) is 28.7. The summed E-state index contributed by atoms with van der Waals surface area (Å²) in [5.41, 5.74) is 7.74. The van der Waals surface area contributed by atoms with E-state index in [2.05, 4.69) is 13.8 Å². The molecule has 0 radical (unpaired) electrons. The number of methoxy groups -OCH3 is 1. The van der Waals surface area contributed by atoms with Crippen LogP contribution in [0.25, 0.3) is 0 Å². The molecule has 0 bridgehead atoms. The number of fused-ring (bicyclic) bond motifs is 4. The summed E-state index contributed by atoms with van der Waals surface area (Å²) in [7, 11) is 1.39. The van der Waals surface area contributed by atoms with Crippen LogP contribution in [0.1, 0.15) is 64.9 Å². The highest BCUT2D eigenvalue weighted by Crippen LogP contribution is 2.74. The number of thioether (sulfide) groups is 1. The summed E-state index contributed by atoms with van der Waals surface area (Å²) in [4.78, 5) is 42.3. The van der Waals surface area contributed by atoms with Gasteiger partial charge in [-0.2, -0.15) is 0 Å². The Morgan fingerprint density at radius 3 is 2.63 bits per heavy atom. The minimum absolute atomic E-state index is 0.111. The summed E-state index contributed by atoms with van der Waals surface area (Å²) in [5.74, 6) is -1.00. The normalized spacial score (nSPS) is 41.1. The summed E-state index contributed by atoms with van der Waals surface area (Å²) in [6, 6.07) is 9.55. The molecule has 1 aromatic heterocycles. The molecular weight excluding hydrogens is 566 g/mol. The first-order valence-electron chi connectivity index (χ1n) is 15.2. The largest absolute Gasteiger partial charge is 0.472 e. The zero-order valence-electron chi connectivity index (χ0n) is 25.3. The Kier molecular flexibility index (Phi) is 6.50. The van der Waals surface area contributed by atoms with Crippen molar-refractivity contribution in [3.63, 3.8) is 0 Å². The molecule has 3 heterocycles. The molecule has 1 aromatic carbocycles. The Morgan fingerprint density at radius 1 is 1.14 bits per heavy atom. The molecule has 0 amide bonds. The Bertz CT molecular complexity index is 1530. The van der Waals surface area contributed by atoms with E-state index in [9.17, 15) is 14.4 Å². The highest BCUT2D eigenvalue weighted by Gasteiger charge is 2.79. The van der Waals surface area contributed by atoms with Crippen molar-refractivity contribution >= 4 is 35.2 Å². The summed E-state index contributed by atoms with van der Waals surface area (Å²) in [6.07, 6.45) is 3.92. The summed E-state index contributed by atoms with van der Waals surface area (Å²) < 4.78 is 23.8. The second kappa shape index (κ2) is 9.73.